The minimum absolute atomic E-state index is 0.399. The Morgan fingerprint density at radius 1 is 1.11 bits per heavy atom. The monoisotopic (exact) mass is 410 g/mol. The molecule has 1 fully saturated rings. The first-order valence-electron chi connectivity index (χ1n) is 10.3. The molecule has 0 aromatic heterocycles. The lowest BCUT2D eigenvalue weighted by Gasteiger charge is -2.38. The Hall–Kier alpha value is -1.31. The van der Waals surface area contributed by atoms with E-state index < -0.39 is 10.0 Å². The van der Waals surface area contributed by atoms with E-state index in [2.05, 4.69) is 37.8 Å². The third-order valence-electron chi connectivity index (χ3n) is 5.88. The van der Waals surface area contributed by atoms with E-state index in [4.69, 9.17) is 9.47 Å². The van der Waals surface area contributed by atoms with Crippen LogP contribution in [0, 0.1) is 5.92 Å². The van der Waals surface area contributed by atoms with Crippen LogP contribution in [0.5, 0.6) is 11.5 Å². The van der Waals surface area contributed by atoms with Crippen molar-refractivity contribution < 1.29 is 17.9 Å². The molecule has 2 aliphatic rings. The van der Waals surface area contributed by atoms with Gasteiger partial charge in [-0.3, -0.25) is 4.90 Å². The summed E-state index contributed by atoms with van der Waals surface area (Å²) in [6.07, 6.45) is 4.14. The van der Waals surface area contributed by atoms with E-state index in [1.54, 1.807) is 4.31 Å². The van der Waals surface area contributed by atoms with Gasteiger partial charge in [-0.1, -0.05) is 6.07 Å². The third kappa shape index (κ3) is 5.39. The molecule has 158 valence electrons. The van der Waals surface area contributed by atoms with Crippen molar-refractivity contribution in [1.29, 1.82) is 0 Å². The highest BCUT2D eigenvalue weighted by atomic mass is 32.2. The molecule has 0 N–H and O–H groups in total. The maximum Gasteiger partial charge on any atom is 0.211 e. The lowest BCUT2D eigenvalue weighted by atomic mass is 9.95. The summed E-state index contributed by atoms with van der Waals surface area (Å²) < 4.78 is 36.4. The zero-order valence-electron chi connectivity index (χ0n) is 17.6. The molecular formula is C21H34N2O4S. The van der Waals surface area contributed by atoms with Gasteiger partial charge in [0, 0.05) is 31.7 Å². The summed E-state index contributed by atoms with van der Waals surface area (Å²) in [6.45, 7) is 10.3. The van der Waals surface area contributed by atoms with Crippen LogP contribution >= 0.6 is 0 Å². The number of hydrogen-bond acceptors (Lipinski definition) is 5. The topological polar surface area (TPSA) is 59.1 Å². The van der Waals surface area contributed by atoms with Crippen molar-refractivity contribution in [2.75, 3.05) is 39.1 Å². The first-order valence-corrected chi connectivity index (χ1v) is 12.2. The molecule has 2 aliphatic heterocycles. The van der Waals surface area contributed by atoms with Crippen LogP contribution in [0.4, 0.5) is 0 Å². The van der Waals surface area contributed by atoms with E-state index in [9.17, 15) is 8.42 Å². The number of fused-ring (bicyclic) bond motifs is 1. The molecule has 0 bridgehead atoms. The normalized spacial score (nSPS) is 19.9. The summed E-state index contributed by atoms with van der Waals surface area (Å²) in [5, 5.41) is 0. The summed E-state index contributed by atoms with van der Waals surface area (Å²) >= 11 is 0. The molecule has 1 saturated heterocycles. The van der Waals surface area contributed by atoms with E-state index in [1.165, 1.54) is 11.8 Å². The average Bonchev–Trinajstić information content (AvgIpc) is 2.65. The maximum atomic E-state index is 11.7. The van der Waals surface area contributed by atoms with E-state index in [1.807, 2.05) is 6.07 Å². The predicted molar refractivity (Wildman–Crippen MR) is 112 cm³/mol. The highest BCUT2D eigenvalue weighted by Gasteiger charge is 2.28. The summed E-state index contributed by atoms with van der Waals surface area (Å²) in [4.78, 5) is 2.55. The molecule has 1 aromatic carbocycles. The first kappa shape index (κ1) is 21.4. The van der Waals surface area contributed by atoms with E-state index in [-0.39, 0.29) is 0 Å². The number of rotatable bonds is 7. The zero-order valence-corrected chi connectivity index (χ0v) is 18.4. The van der Waals surface area contributed by atoms with E-state index >= 15 is 0 Å². The average molecular weight is 411 g/mol. The van der Waals surface area contributed by atoms with Crippen LogP contribution in [0.15, 0.2) is 18.2 Å². The summed E-state index contributed by atoms with van der Waals surface area (Å²) in [5.74, 6) is 2.23. The lowest BCUT2D eigenvalue weighted by molar-refractivity contribution is 0.115. The van der Waals surface area contributed by atoms with Crippen molar-refractivity contribution in [1.82, 2.24) is 9.21 Å². The molecule has 0 amide bonds. The van der Waals surface area contributed by atoms with Crippen LogP contribution in [0.1, 0.15) is 39.2 Å². The van der Waals surface area contributed by atoms with Gasteiger partial charge < -0.3 is 9.47 Å². The Balaban J connectivity index is 1.59. The van der Waals surface area contributed by atoms with Gasteiger partial charge in [0.1, 0.15) is 13.2 Å². The molecule has 2 heterocycles. The van der Waals surface area contributed by atoms with Crippen molar-refractivity contribution in [3.05, 3.63) is 23.8 Å². The summed E-state index contributed by atoms with van der Waals surface area (Å²) in [5.41, 5.74) is 1.26. The van der Waals surface area contributed by atoms with Gasteiger partial charge in [-0.15, -0.1) is 0 Å². The van der Waals surface area contributed by atoms with Gasteiger partial charge >= 0.3 is 0 Å². The minimum atomic E-state index is -3.06. The van der Waals surface area contributed by atoms with Gasteiger partial charge in [0.05, 0.1) is 6.26 Å². The summed E-state index contributed by atoms with van der Waals surface area (Å²) in [6, 6.07) is 7.09. The zero-order chi connectivity index (χ0) is 20.3. The fraction of sp³-hybridized carbons (Fsp3) is 0.714. The molecule has 1 unspecified atom stereocenters. The molecule has 1 atom stereocenters. The SMILES string of the molecule is CC(C)N(CC1CCN(S(C)(=O)=O)CC1)C(C)Cc1ccc2c(c1)OCCO2. The highest BCUT2D eigenvalue weighted by Crippen LogP contribution is 2.31. The molecule has 7 heteroatoms. The molecule has 1 aromatic rings. The Kier molecular flexibility index (Phi) is 6.89. The van der Waals surface area contributed by atoms with Gasteiger partial charge in [-0.05, 0) is 63.6 Å². The molecule has 0 radical (unpaired) electrons. The Morgan fingerprint density at radius 3 is 2.36 bits per heavy atom. The van der Waals surface area contributed by atoms with Crippen LogP contribution < -0.4 is 9.47 Å². The number of sulfonamides is 1. The molecule has 0 spiro atoms. The standard InChI is InChI=1S/C21H34N2O4S/c1-16(2)23(15-18-7-9-22(10-8-18)28(4,24)25)17(3)13-19-5-6-20-21(14-19)27-12-11-26-20/h5-6,14,16-18H,7-13,15H2,1-4H3. The second kappa shape index (κ2) is 9.01. The van der Waals surface area contributed by atoms with Crippen LogP contribution in [-0.4, -0.2) is 68.8 Å². The Morgan fingerprint density at radius 2 is 1.75 bits per heavy atom. The predicted octanol–water partition coefficient (Wildman–Crippen LogP) is 2.77. The second-order valence-corrected chi connectivity index (χ2v) is 10.4. The van der Waals surface area contributed by atoms with Crippen LogP contribution in [0.25, 0.3) is 0 Å². The molecule has 28 heavy (non-hydrogen) atoms. The van der Waals surface area contributed by atoms with Crippen LogP contribution in [0.2, 0.25) is 0 Å². The fourth-order valence-electron chi connectivity index (χ4n) is 4.29. The molecule has 0 aliphatic carbocycles. The maximum absolute atomic E-state index is 11.7. The van der Waals surface area contributed by atoms with Gasteiger partial charge in [-0.25, -0.2) is 12.7 Å². The first-order chi connectivity index (χ1) is 13.2. The second-order valence-electron chi connectivity index (χ2n) is 8.43. The fourth-order valence-corrected chi connectivity index (χ4v) is 5.17. The van der Waals surface area contributed by atoms with Crippen molar-refractivity contribution in [2.45, 2.75) is 52.1 Å². The van der Waals surface area contributed by atoms with E-state index in [0.29, 0.717) is 44.3 Å². The van der Waals surface area contributed by atoms with Crippen molar-refractivity contribution in [3.8, 4) is 11.5 Å². The smallest absolute Gasteiger partial charge is 0.211 e. The third-order valence-corrected chi connectivity index (χ3v) is 7.18. The van der Waals surface area contributed by atoms with Crippen molar-refractivity contribution in [2.24, 2.45) is 5.92 Å². The molecule has 6 nitrogen and oxygen atoms in total. The largest absolute Gasteiger partial charge is 0.486 e. The van der Waals surface area contributed by atoms with Crippen LogP contribution in [-0.2, 0) is 16.4 Å². The molecule has 3 rings (SSSR count). The van der Waals surface area contributed by atoms with Crippen molar-refractivity contribution in [3.63, 3.8) is 0 Å². The van der Waals surface area contributed by atoms with Gasteiger partial charge in [0.25, 0.3) is 0 Å². The number of nitrogens with zero attached hydrogens (tertiary/aromatic N) is 2. The number of piperidine rings is 1. The van der Waals surface area contributed by atoms with Gasteiger partial charge in [0.15, 0.2) is 11.5 Å². The number of ether oxygens (including phenoxy) is 2. The molecular weight excluding hydrogens is 376 g/mol. The minimum Gasteiger partial charge on any atom is -0.486 e. The number of hydrogen-bond donors (Lipinski definition) is 0. The lowest BCUT2D eigenvalue weighted by Crippen LogP contribution is -2.46. The van der Waals surface area contributed by atoms with Gasteiger partial charge in [-0.2, -0.15) is 0 Å². The highest BCUT2D eigenvalue weighted by molar-refractivity contribution is 7.88. The van der Waals surface area contributed by atoms with E-state index in [0.717, 1.165) is 37.3 Å². The Labute approximate surface area is 169 Å². The van der Waals surface area contributed by atoms with Crippen molar-refractivity contribution >= 4 is 10.0 Å². The summed E-state index contributed by atoms with van der Waals surface area (Å²) in [7, 11) is -3.06. The van der Waals surface area contributed by atoms with Crippen LogP contribution in [0.3, 0.4) is 0 Å². The number of benzene rings is 1. The van der Waals surface area contributed by atoms with Gasteiger partial charge in [0.2, 0.25) is 10.0 Å². The Bertz CT molecular complexity index is 758. The quantitative estimate of drug-likeness (QED) is 0.692. The molecule has 0 saturated carbocycles.